The number of aliphatic hydroxyl groups excluding tert-OH is 1. The maximum atomic E-state index is 11.0. The van der Waals surface area contributed by atoms with E-state index in [9.17, 15) is 9.90 Å². The minimum atomic E-state index is -0.793. The van der Waals surface area contributed by atoms with Crippen molar-refractivity contribution in [2.45, 2.75) is 26.1 Å². The molecule has 1 saturated heterocycles. The minimum Gasteiger partial charge on any atom is -0.455 e. The van der Waals surface area contributed by atoms with Crippen LogP contribution < -0.4 is 0 Å². The third-order valence-corrected chi connectivity index (χ3v) is 2.05. The van der Waals surface area contributed by atoms with Crippen LogP contribution in [0.5, 0.6) is 0 Å². The fraction of sp³-hybridized carbons (Fsp3) is 0.625. The molecule has 1 heterocycles. The lowest BCUT2D eigenvalue weighted by molar-refractivity contribution is -0.146. The van der Waals surface area contributed by atoms with Crippen LogP contribution in [0.3, 0.4) is 0 Å². The molecule has 0 aromatic heterocycles. The van der Waals surface area contributed by atoms with E-state index in [1.165, 1.54) is 6.08 Å². The predicted octanol–water partition coefficient (Wildman–Crippen LogP) is 0.485. The fourth-order valence-corrected chi connectivity index (χ4v) is 1.05. The van der Waals surface area contributed by atoms with Crippen LogP contribution in [0.25, 0.3) is 0 Å². The number of rotatable bonds is 1. The highest BCUT2D eigenvalue weighted by Gasteiger charge is 2.49. The summed E-state index contributed by atoms with van der Waals surface area (Å²) in [5.74, 6) is -0.366. The average molecular weight is 156 g/mol. The van der Waals surface area contributed by atoms with E-state index in [1.54, 1.807) is 13.8 Å². The van der Waals surface area contributed by atoms with Gasteiger partial charge in [0.05, 0.1) is 5.41 Å². The number of hydrogen-bond donors (Lipinski definition) is 1. The van der Waals surface area contributed by atoms with Gasteiger partial charge in [0.25, 0.3) is 0 Å². The summed E-state index contributed by atoms with van der Waals surface area (Å²) < 4.78 is 4.83. The number of esters is 1. The van der Waals surface area contributed by atoms with Crippen molar-refractivity contribution in [1.82, 2.24) is 0 Å². The molecule has 2 atom stereocenters. The summed E-state index contributed by atoms with van der Waals surface area (Å²) in [5.41, 5.74) is -0.793. The van der Waals surface area contributed by atoms with Crippen LogP contribution in [0.1, 0.15) is 13.8 Å². The third kappa shape index (κ3) is 1.05. The lowest BCUT2D eigenvalue weighted by Gasteiger charge is -2.17. The van der Waals surface area contributed by atoms with E-state index in [2.05, 4.69) is 6.58 Å². The molecule has 62 valence electrons. The van der Waals surface area contributed by atoms with E-state index < -0.39 is 17.6 Å². The van der Waals surface area contributed by atoms with Crippen molar-refractivity contribution in [2.75, 3.05) is 0 Å². The van der Waals surface area contributed by atoms with Crippen molar-refractivity contribution in [3.05, 3.63) is 12.7 Å². The van der Waals surface area contributed by atoms with Crippen LogP contribution >= 0.6 is 0 Å². The Kier molecular flexibility index (Phi) is 1.76. The zero-order valence-corrected chi connectivity index (χ0v) is 6.70. The molecule has 0 aromatic rings. The van der Waals surface area contributed by atoms with Crippen LogP contribution in [0.2, 0.25) is 0 Å². The molecule has 1 aliphatic rings. The van der Waals surface area contributed by atoms with Crippen LogP contribution in [-0.2, 0) is 9.53 Å². The maximum absolute atomic E-state index is 11.0. The van der Waals surface area contributed by atoms with Gasteiger partial charge in [-0.3, -0.25) is 4.79 Å². The van der Waals surface area contributed by atoms with Gasteiger partial charge in [-0.1, -0.05) is 6.58 Å². The largest absolute Gasteiger partial charge is 0.455 e. The topological polar surface area (TPSA) is 46.5 Å². The minimum absolute atomic E-state index is 0.366. The first-order chi connectivity index (χ1) is 5.00. The van der Waals surface area contributed by atoms with Crippen LogP contribution in [0.15, 0.2) is 12.7 Å². The van der Waals surface area contributed by atoms with Gasteiger partial charge in [0, 0.05) is 0 Å². The Hall–Kier alpha value is -0.830. The first-order valence-corrected chi connectivity index (χ1v) is 3.52. The Labute approximate surface area is 65.7 Å². The van der Waals surface area contributed by atoms with Crippen molar-refractivity contribution in [1.29, 1.82) is 0 Å². The van der Waals surface area contributed by atoms with Gasteiger partial charge in [-0.2, -0.15) is 0 Å². The summed E-state index contributed by atoms with van der Waals surface area (Å²) in [6.45, 7) is 6.77. The summed E-state index contributed by atoms with van der Waals surface area (Å²) in [5, 5.41) is 9.47. The van der Waals surface area contributed by atoms with Crippen molar-refractivity contribution in [3.63, 3.8) is 0 Å². The molecular weight excluding hydrogens is 144 g/mol. The normalized spacial score (nSPS) is 35.0. The van der Waals surface area contributed by atoms with Crippen molar-refractivity contribution in [2.24, 2.45) is 5.41 Å². The van der Waals surface area contributed by atoms with Crippen molar-refractivity contribution >= 4 is 5.97 Å². The highest BCUT2D eigenvalue weighted by molar-refractivity contribution is 5.79. The molecule has 0 aliphatic carbocycles. The van der Waals surface area contributed by atoms with Crippen molar-refractivity contribution in [3.8, 4) is 0 Å². The monoisotopic (exact) mass is 156 g/mol. The summed E-state index contributed by atoms with van der Waals surface area (Å²) in [6.07, 6.45) is 0.127. The summed E-state index contributed by atoms with van der Waals surface area (Å²) in [7, 11) is 0. The zero-order chi connectivity index (χ0) is 8.65. The van der Waals surface area contributed by atoms with Gasteiger partial charge in [-0.25, -0.2) is 0 Å². The van der Waals surface area contributed by atoms with Crippen molar-refractivity contribution < 1.29 is 14.6 Å². The molecular formula is C8H12O3. The van der Waals surface area contributed by atoms with Crippen LogP contribution in [0, 0.1) is 5.41 Å². The number of hydrogen-bond acceptors (Lipinski definition) is 3. The van der Waals surface area contributed by atoms with E-state index in [0.29, 0.717) is 0 Å². The Bertz CT molecular complexity index is 196. The molecule has 0 radical (unpaired) electrons. The Morgan fingerprint density at radius 3 is 2.45 bits per heavy atom. The highest BCUT2D eigenvalue weighted by Crippen LogP contribution is 2.33. The SMILES string of the molecule is C=C[C@H]1OC(=O)C(C)(C)[C@H]1O. The van der Waals surface area contributed by atoms with Gasteiger partial charge in [0.1, 0.15) is 12.2 Å². The Balaban J connectivity index is 2.88. The molecule has 0 unspecified atom stereocenters. The first-order valence-electron chi connectivity index (χ1n) is 3.52. The molecule has 1 fully saturated rings. The lowest BCUT2D eigenvalue weighted by Crippen LogP contribution is -2.32. The Morgan fingerprint density at radius 2 is 2.27 bits per heavy atom. The smallest absolute Gasteiger partial charge is 0.314 e. The van der Waals surface area contributed by atoms with E-state index in [1.807, 2.05) is 0 Å². The molecule has 0 amide bonds. The van der Waals surface area contributed by atoms with Gasteiger partial charge >= 0.3 is 5.97 Å². The third-order valence-electron chi connectivity index (χ3n) is 2.05. The van der Waals surface area contributed by atoms with Gasteiger partial charge in [0.2, 0.25) is 0 Å². The van der Waals surface area contributed by atoms with Crippen LogP contribution in [-0.4, -0.2) is 23.3 Å². The molecule has 1 N–H and O–H groups in total. The number of cyclic esters (lactones) is 1. The van der Waals surface area contributed by atoms with Gasteiger partial charge in [-0.05, 0) is 19.9 Å². The maximum Gasteiger partial charge on any atom is 0.314 e. The average Bonchev–Trinajstić information content (AvgIpc) is 2.14. The molecule has 3 heteroatoms. The summed E-state index contributed by atoms with van der Waals surface area (Å²) in [4.78, 5) is 11.0. The molecule has 0 spiro atoms. The number of ether oxygens (including phenoxy) is 1. The second-order valence-electron chi connectivity index (χ2n) is 3.27. The van der Waals surface area contributed by atoms with E-state index in [0.717, 1.165) is 0 Å². The molecule has 1 rings (SSSR count). The Morgan fingerprint density at radius 1 is 1.73 bits per heavy atom. The van der Waals surface area contributed by atoms with Gasteiger partial charge < -0.3 is 9.84 Å². The second kappa shape index (κ2) is 2.34. The fourth-order valence-electron chi connectivity index (χ4n) is 1.05. The molecule has 0 saturated carbocycles. The van der Waals surface area contributed by atoms with Gasteiger partial charge in [0.15, 0.2) is 0 Å². The lowest BCUT2D eigenvalue weighted by atomic mass is 9.87. The quantitative estimate of drug-likeness (QED) is 0.444. The molecule has 11 heavy (non-hydrogen) atoms. The molecule has 0 bridgehead atoms. The summed E-state index contributed by atoms with van der Waals surface area (Å²) >= 11 is 0. The van der Waals surface area contributed by atoms with Crippen LogP contribution in [0.4, 0.5) is 0 Å². The highest BCUT2D eigenvalue weighted by atomic mass is 16.6. The van der Waals surface area contributed by atoms with E-state index >= 15 is 0 Å². The number of aliphatic hydroxyl groups is 1. The van der Waals surface area contributed by atoms with E-state index in [4.69, 9.17) is 4.74 Å². The molecule has 3 nitrogen and oxygen atoms in total. The number of carbonyl (C=O) groups excluding carboxylic acids is 1. The van der Waals surface area contributed by atoms with Gasteiger partial charge in [-0.15, -0.1) is 0 Å². The second-order valence-corrected chi connectivity index (χ2v) is 3.27. The number of carbonyl (C=O) groups is 1. The first kappa shape index (κ1) is 8.27. The summed E-state index contributed by atoms with van der Waals surface area (Å²) in [6, 6.07) is 0. The standard InChI is InChI=1S/C8H12O3/c1-4-5-6(9)8(2,3)7(10)11-5/h4-6,9H,1H2,2-3H3/t5-,6+/m1/s1. The molecule has 0 aromatic carbocycles. The molecule has 1 aliphatic heterocycles. The predicted molar refractivity (Wildman–Crippen MR) is 39.9 cm³/mol. The zero-order valence-electron chi connectivity index (χ0n) is 6.70. The van der Waals surface area contributed by atoms with E-state index in [-0.39, 0.29) is 5.97 Å².